The highest BCUT2D eigenvalue weighted by atomic mass is 32.2. The zero-order chi connectivity index (χ0) is 15.5. The summed E-state index contributed by atoms with van der Waals surface area (Å²) in [5.41, 5.74) is 3.20. The number of carbonyl (C=O) groups is 1. The average molecular weight is 318 g/mol. The smallest absolute Gasteiger partial charge is 0.232 e. The van der Waals surface area contributed by atoms with Crippen LogP contribution in [0.25, 0.3) is 5.65 Å². The fourth-order valence-electron chi connectivity index (χ4n) is 2.72. The van der Waals surface area contributed by atoms with Crippen LogP contribution in [-0.2, 0) is 10.5 Å². The van der Waals surface area contributed by atoms with Crippen LogP contribution in [0, 0.1) is 6.92 Å². The van der Waals surface area contributed by atoms with Crippen LogP contribution in [0.5, 0.6) is 0 Å². The fourth-order valence-corrected chi connectivity index (χ4v) is 3.53. The maximum absolute atomic E-state index is 12.2. The van der Waals surface area contributed by atoms with E-state index in [-0.39, 0.29) is 5.91 Å². The summed E-state index contributed by atoms with van der Waals surface area (Å²) in [5.74, 6) is 1.53. The molecule has 0 spiro atoms. The molecule has 1 N–H and O–H groups in total. The van der Waals surface area contributed by atoms with Crippen molar-refractivity contribution in [1.82, 2.24) is 19.6 Å². The molecule has 0 aliphatic carbocycles. The van der Waals surface area contributed by atoms with E-state index >= 15 is 0 Å². The normalized spacial score (nSPS) is 18.8. The number of amides is 1. The second-order valence-corrected chi connectivity index (χ2v) is 6.88. The lowest BCUT2D eigenvalue weighted by molar-refractivity contribution is -0.129. The Balaban J connectivity index is 1.52. The molecule has 0 radical (unpaired) electrons. The number of carbonyl (C=O) groups excluding carboxylic acids is 1. The van der Waals surface area contributed by atoms with Crippen LogP contribution in [0.4, 0.5) is 0 Å². The predicted molar refractivity (Wildman–Crippen MR) is 90.1 cm³/mol. The minimum atomic E-state index is 0.234. The predicted octanol–water partition coefficient (Wildman–Crippen LogP) is 1.70. The van der Waals surface area contributed by atoms with E-state index in [1.54, 1.807) is 11.8 Å². The average Bonchev–Trinajstić information content (AvgIpc) is 2.89. The molecule has 1 atom stereocenters. The molecule has 2 aromatic rings. The lowest BCUT2D eigenvalue weighted by atomic mass is 10.2. The third-order valence-electron chi connectivity index (χ3n) is 3.85. The monoisotopic (exact) mass is 318 g/mol. The van der Waals surface area contributed by atoms with E-state index in [2.05, 4.69) is 36.4 Å². The zero-order valence-electron chi connectivity index (χ0n) is 13.1. The van der Waals surface area contributed by atoms with Gasteiger partial charge in [-0.25, -0.2) is 4.98 Å². The first-order valence-corrected chi connectivity index (χ1v) is 8.80. The number of pyridine rings is 1. The van der Waals surface area contributed by atoms with Gasteiger partial charge in [-0.05, 0) is 25.5 Å². The van der Waals surface area contributed by atoms with Gasteiger partial charge in [0.2, 0.25) is 5.91 Å². The molecule has 1 amide bonds. The number of fused-ring (bicyclic) bond motifs is 1. The van der Waals surface area contributed by atoms with Gasteiger partial charge in [-0.3, -0.25) is 4.79 Å². The molecule has 6 heteroatoms. The summed E-state index contributed by atoms with van der Waals surface area (Å²) in [4.78, 5) is 18.7. The van der Waals surface area contributed by atoms with Gasteiger partial charge in [0.1, 0.15) is 5.65 Å². The number of rotatable bonds is 4. The van der Waals surface area contributed by atoms with Gasteiger partial charge in [0.15, 0.2) is 0 Å². The summed E-state index contributed by atoms with van der Waals surface area (Å²) in [6, 6.07) is 4.48. The van der Waals surface area contributed by atoms with Crippen molar-refractivity contribution in [3.8, 4) is 0 Å². The standard InChI is InChI=1S/C16H22N4OS/c1-12-3-4-15-18-14(9-20(15)7-12)10-22-11-16(21)19-6-5-17-13(2)8-19/h3-4,7,9,13,17H,5-6,8,10-11H2,1-2H3. The molecule has 1 fully saturated rings. The third kappa shape index (κ3) is 3.62. The molecule has 0 saturated carbocycles. The summed E-state index contributed by atoms with van der Waals surface area (Å²) < 4.78 is 2.05. The van der Waals surface area contributed by atoms with Gasteiger partial charge in [-0.2, -0.15) is 0 Å². The van der Waals surface area contributed by atoms with E-state index in [0.717, 1.165) is 36.7 Å². The van der Waals surface area contributed by atoms with E-state index in [0.29, 0.717) is 11.8 Å². The van der Waals surface area contributed by atoms with Crippen molar-refractivity contribution in [2.45, 2.75) is 25.6 Å². The Kier molecular flexibility index (Phi) is 4.69. The minimum Gasteiger partial charge on any atom is -0.339 e. The van der Waals surface area contributed by atoms with Crippen molar-refractivity contribution < 1.29 is 4.79 Å². The number of nitrogens with one attached hydrogen (secondary N) is 1. The summed E-state index contributed by atoms with van der Waals surface area (Å²) in [6.45, 7) is 6.71. The lowest BCUT2D eigenvalue weighted by Crippen LogP contribution is -2.51. The Hall–Kier alpha value is -1.53. The van der Waals surface area contributed by atoms with Crippen molar-refractivity contribution in [2.75, 3.05) is 25.4 Å². The van der Waals surface area contributed by atoms with Crippen molar-refractivity contribution in [3.05, 3.63) is 35.8 Å². The molecule has 0 bridgehead atoms. The van der Waals surface area contributed by atoms with Gasteiger partial charge in [0.05, 0.1) is 11.4 Å². The SMILES string of the molecule is Cc1ccc2nc(CSCC(=O)N3CCNC(C)C3)cn2c1. The maximum atomic E-state index is 12.2. The molecule has 118 valence electrons. The Bertz CT molecular complexity index is 669. The first kappa shape index (κ1) is 15.4. The molecular formula is C16H22N4OS. The van der Waals surface area contributed by atoms with Crippen LogP contribution >= 0.6 is 11.8 Å². The summed E-state index contributed by atoms with van der Waals surface area (Å²) >= 11 is 1.64. The van der Waals surface area contributed by atoms with Gasteiger partial charge in [-0.1, -0.05) is 6.07 Å². The highest BCUT2D eigenvalue weighted by molar-refractivity contribution is 7.99. The maximum Gasteiger partial charge on any atom is 0.232 e. The molecule has 1 aliphatic heterocycles. The van der Waals surface area contributed by atoms with Crippen molar-refractivity contribution in [3.63, 3.8) is 0 Å². The van der Waals surface area contributed by atoms with Gasteiger partial charge >= 0.3 is 0 Å². The van der Waals surface area contributed by atoms with E-state index in [9.17, 15) is 4.79 Å². The number of piperazine rings is 1. The molecule has 22 heavy (non-hydrogen) atoms. The Morgan fingerprint density at radius 3 is 3.14 bits per heavy atom. The molecule has 5 nitrogen and oxygen atoms in total. The van der Waals surface area contributed by atoms with E-state index in [4.69, 9.17) is 0 Å². The molecule has 3 rings (SSSR count). The second-order valence-electron chi connectivity index (χ2n) is 5.89. The van der Waals surface area contributed by atoms with Crippen LogP contribution in [0.3, 0.4) is 0 Å². The van der Waals surface area contributed by atoms with Gasteiger partial charge in [0, 0.05) is 43.8 Å². The largest absolute Gasteiger partial charge is 0.339 e. The van der Waals surface area contributed by atoms with Crippen LogP contribution < -0.4 is 5.32 Å². The third-order valence-corrected chi connectivity index (χ3v) is 4.80. The van der Waals surface area contributed by atoms with E-state index in [1.165, 1.54) is 5.56 Å². The Labute approximate surface area is 135 Å². The Morgan fingerprint density at radius 2 is 2.32 bits per heavy atom. The number of nitrogens with zero attached hydrogens (tertiary/aromatic N) is 3. The summed E-state index contributed by atoms with van der Waals surface area (Å²) in [5, 5.41) is 3.35. The van der Waals surface area contributed by atoms with Crippen LogP contribution in [0.15, 0.2) is 24.5 Å². The number of hydrogen-bond donors (Lipinski definition) is 1. The molecule has 1 unspecified atom stereocenters. The van der Waals surface area contributed by atoms with Crippen molar-refractivity contribution in [2.24, 2.45) is 0 Å². The molecule has 1 saturated heterocycles. The van der Waals surface area contributed by atoms with Crippen LogP contribution in [0.1, 0.15) is 18.2 Å². The molecule has 2 aromatic heterocycles. The molecule has 0 aromatic carbocycles. The second kappa shape index (κ2) is 6.71. The van der Waals surface area contributed by atoms with E-state index in [1.807, 2.05) is 21.6 Å². The zero-order valence-corrected chi connectivity index (χ0v) is 13.9. The number of hydrogen-bond acceptors (Lipinski definition) is 4. The number of thioether (sulfide) groups is 1. The highest BCUT2D eigenvalue weighted by Crippen LogP contribution is 2.14. The van der Waals surface area contributed by atoms with Crippen molar-refractivity contribution in [1.29, 1.82) is 0 Å². The number of aromatic nitrogens is 2. The minimum absolute atomic E-state index is 0.234. The highest BCUT2D eigenvalue weighted by Gasteiger charge is 2.20. The topological polar surface area (TPSA) is 49.6 Å². The van der Waals surface area contributed by atoms with Crippen LogP contribution in [0.2, 0.25) is 0 Å². The lowest BCUT2D eigenvalue weighted by Gasteiger charge is -2.31. The van der Waals surface area contributed by atoms with Gasteiger partial charge in [0.25, 0.3) is 0 Å². The van der Waals surface area contributed by atoms with Gasteiger partial charge in [-0.15, -0.1) is 11.8 Å². The summed E-state index contributed by atoms with van der Waals surface area (Å²) in [6.07, 6.45) is 4.12. The molecule has 3 heterocycles. The number of imidazole rings is 1. The van der Waals surface area contributed by atoms with Crippen LogP contribution in [-0.4, -0.2) is 51.6 Å². The first-order chi connectivity index (χ1) is 10.6. The fraction of sp³-hybridized carbons (Fsp3) is 0.500. The van der Waals surface area contributed by atoms with Crippen molar-refractivity contribution >= 4 is 23.3 Å². The molecular weight excluding hydrogens is 296 g/mol. The Morgan fingerprint density at radius 1 is 1.45 bits per heavy atom. The van der Waals surface area contributed by atoms with E-state index < -0.39 is 0 Å². The van der Waals surface area contributed by atoms with Gasteiger partial charge < -0.3 is 14.6 Å². The quantitative estimate of drug-likeness (QED) is 0.932. The summed E-state index contributed by atoms with van der Waals surface area (Å²) in [7, 11) is 0. The first-order valence-electron chi connectivity index (χ1n) is 7.65. The number of aryl methyl sites for hydroxylation is 1. The molecule has 1 aliphatic rings.